The van der Waals surface area contributed by atoms with Crippen LogP contribution in [0.3, 0.4) is 0 Å². The number of ether oxygens (including phenoxy) is 1. The summed E-state index contributed by atoms with van der Waals surface area (Å²) < 4.78 is 5.25. The average Bonchev–Trinajstić information content (AvgIpc) is 3.02. The summed E-state index contributed by atoms with van der Waals surface area (Å²) in [5.41, 5.74) is -0.374. The van der Waals surface area contributed by atoms with E-state index in [2.05, 4.69) is 6.58 Å². The van der Waals surface area contributed by atoms with E-state index in [0.717, 1.165) is 19.3 Å². The maximum absolute atomic E-state index is 11.8. The molecule has 0 aliphatic heterocycles. The smallest absolute Gasteiger partial charge is 0.307 e. The van der Waals surface area contributed by atoms with Crippen LogP contribution < -0.4 is 0 Å². The SMILES string of the molecule is C=CCC1(COC(=O)C[C@H](C(=O)O)C(C)(C)C)CC1. The fourth-order valence-corrected chi connectivity index (χ4v) is 2.11. The molecule has 1 atom stereocenters. The second kappa shape index (κ2) is 5.76. The van der Waals surface area contributed by atoms with Gasteiger partial charge in [0.2, 0.25) is 0 Å². The third kappa shape index (κ3) is 4.69. The molecule has 0 heterocycles. The van der Waals surface area contributed by atoms with Crippen LogP contribution in [0.5, 0.6) is 0 Å². The summed E-state index contributed by atoms with van der Waals surface area (Å²) in [6, 6.07) is 0. The number of esters is 1. The van der Waals surface area contributed by atoms with Gasteiger partial charge in [0.1, 0.15) is 0 Å². The highest BCUT2D eigenvalue weighted by Crippen LogP contribution is 2.49. The zero-order valence-corrected chi connectivity index (χ0v) is 12.1. The molecule has 1 fully saturated rings. The number of carboxylic acid groups (broad SMARTS) is 1. The second-order valence-electron chi connectivity index (χ2n) is 6.61. The van der Waals surface area contributed by atoms with E-state index >= 15 is 0 Å². The Bertz CT molecular complexity index is 361. The highest BCUT2D eigenvalue weighted by Gasteiger charge is 2.43. The van der Waals surface area contributed by atoms with Gasteiger partial charge >= 0.3 is 11.9 Å². The van der Waals surface area contributed by atoms with Crippen molar-refractivity contribution in [2.75, 3.05) is 6.61 Å². The lowest BCUT2D eigenvalue weighted by atomic mass is 9.79. The fraction of sp³-hybridized carbons (Fsp3) is 0.733. The summed E-state index contributed by atoms with van der Waals surface area (Å²) in [7, 11) is 0. The van der Waals surface area contributed by atoms with Gasteiger partial charge in [0.05, 0.1) is 18.9 Å². The monoisotopic (exact) mass is 268 g/mol. The number of carbonyl (C=O) groups is 2. The van der Waals surface area contributed by atoms with Crippen molar-refractivity contribution < 1.29 is 19.4 Å². The second-order valence-corrected chi connectivity index (χ2v) is 6.61. The van der Waals surface area contributed by atoms with Gasteiger partial charge in [-0.05, 0) is 24.7 Å². The van der Waals surface area contributed by atoms with E-state index in [1.807, 2.05) is 26.8 Å². The molecule has 1 aliphatic rings. The summed E-state index contributed by atoms with van der Waals surface area (Å²) >= 11 is 0. The van der Waals surface area contributed by atoms with Crippen LogP contribution in [-0.4, -0.2) is 23.7 Å². The van der Waals surface area contributed by atoms with Crippen molar-refractivity contribution in [1.29, 1.82) is 0 Å². The number of rotatable bonds is 7. The normalized spacial score (nSPS) is 18.5. The third-order valence-electron chi connectivity index (χ3n) is 3.79. The van der Waals surface area contributed by atoms with Crippen LogP contribution in [0, 0.1) is 16.7 Å². The zero-order chi connectivity index (χ0) is 14.7. The molecule has 0 aromatic carbocycles. The Kier molecular flexibility index (Phi) is 4.77. The van der Waals surface area contributed by atoms with Gasteiger partial charge in [0, 0.05) is 5.41 Å². The van der Waals surface area contributed by atoms with E-state index in [1.54, 1.807) is 0 Å². The Morgan fingerprint density at radius 2 is 2.00 bits per heavy atom. The van der Waals surface area contributed by atoms with E-state index in [4.69, 9.17) is 9.84 Å². The van der Waals surface area contributed by atoms with Crippen molar-refractivity contribution >= 4 is 11.9 Å². The standard InChI is InChI=1S/C15H24O4/c1-5-6-15(7-8-15)10-19-12(16)9-11(13(17)18)14(2,3)4/h5,11H,1,6-10H2,2-4H3,(H,17,18)/t11-/m1/s1. The molecule has 108 valence electrons. The Morgan fingerprint density at radius 1 is 1.42 bits per heavy atom. The molecule has 0 radical (unpaired) electrons. The first kappa shape index (κ1) is 15.7. The van der Waals surface area contributed by atoms with Gasteiger partial charge in [-0.25, -0.2) is 0 Å². The molecule has 19 heavy (non-hydrogen) atoms. The average molecular weight is 268 g/mol. The number of carboxylic acids is 1. The van der Waals surface area contributed by atoms with E-state index in [1.165, 1.54) is 0 Å². The largest absolute Gasteiger partial charge is 0.481 e. The third-order valence-corrected chi connectivity index (χ3v) is 3.79. The summed E-state index contributed by atoms with van der Waals surface area (Å²) in [5.74, 6) is -2.08. The summed E-state index contributed by atoms with van der Waals surface area (Å²) in [6.07, 6.45) is 4.73. The minimum absolute atomic E-state index is 0.0665. The minimum Gasteiger partial charge on any atom is -0.481 e. The zero-order valence-electron chi connectivity index (χ0n) is 12.1. The van der Waals surface area contributed by atoms with Crippen molar-refractivity contribution in [3.8, 4) is 0 Å². The van der Waals surface area contributed by atoms with Gasteiger partial charge in [-0.2, -0.15) is 0 Å². The van der Waals surface area contributed by atoms with Gasteiger partial charge in [0.15, 0.2) is 0 Å². The Morgan fingerprint density at radius 3 is 2.37 bits per heavy atom. The minimum atomic E-state index is -0.948. The first-order valence-corrected chi connectivity index (χ1v) is 6.69. The van der Waals surface area contributed by atoms with Gasteiger partial charge in [-0.15, -0.1) is 6.58 Å². The number of hydrogen-bond acceptors (Lipinski definition) is 3. The molecule has 1 rings (SSSR count). The molecule has 0 saturated heterocycles. The van der Waals surface area contributed by atoms with Gasteiger partial charge in [0.25, 0.3) is 0 Å². The molecule has 0 aromatic rings. The van der Waals surface area contributed by atoms with Crippen LogP contribution in [0.1, 0.15) is 46.5 Å². The summed E-state index contributed by atoms with van der Waals surface area (Å²) in [5, 5.41) is 9.16. The maximum Gasteiger partial charge on any atom is 0.307 e. The topological polar surface area (TPSA) is 63.6 Å². The van der Waals surface area contributed by atoms with Crippen LogP contribution in [0.4, 0.5) is 0 Å². The van der Waals surface area contributed by atoms with E-state index in [-0.39, 0.29) is 11.8 Å². The quantitative estimate of drug-likeness (QED) is 0.569. The van der Waals surface area contributed by atoms with Gasteiger partial charge in [-0.1, -0.05) is 26.8 Å². The lowest BCUT2D eigenvalue weighted by molar-refractivity contribution is -0.156. The van der Waals surface area contributed by atoms with Crippen molar-refractivity contribution in [3.63, 3.8) is 0 Å². The predicted octanol–water partition coefficient (Wildman–Crippen LogP) is 3.02. The highest BCUT2D eigenvalue weighted by atomic mass is 16.5. The van der Waals surface area contributed by atoms with Gasteiger partial charge < -0.3 is 9.84 Å². The van der Waals surface area contributed by atoms with E-state index in [9.17, 15) is 9.59 Å². The molecule has 4 heteroatoms. The van der Waals surface area contributed by atoms with Crippen LogP contribution in [0.25, 0.3) is 0 Å². The molecule has 1 aliphatic carbocycles. The molecular weight excluding hydrogens is 244 g/mol. The van der Waals surface area contributed by atoms with Crippen molar-refractivity contribution in [2.24, 2.45) is 16.7 Å². The maximum atomic E-state index is 11.8. The van der Waals surface area contributed by atoms with Crippen LogP contribution in [-0.2, 0) is 14.3 Å². The fourth-order valence-electron chi connectivity index (χ4n) is 2.11. The molecule has 0 bridgehead atoms. The van der Waals surface area contributed by atoms with Crippen LogP contribution >= 0.6 is 0 Å². The summed E-state index contributed by atoms with van der Waals surface area (Å²) in [6.45, 7) is 9.54. The van der Waals surface area contributed by atoms with Crippen molar-refractivity contribution in [2.45, 2.75) is 46.5 Å². The van der Waals surface area contributed by atoms with Crippen molar-refractivity contribution in [3.05, 3.63) is 12.7 Å². The first-order chi connectivity index (χ1) is 8.70. The first-order valence-electron chi connectivity index (χ1n) is 6.69. The lowest BCUT2D eigenvalue weighted by Gasteiger charge is -2.26. The molecule has 0 unspecified atom stereocenters. The van der Waals surface area contributed by atoms with Gasteiger partial charge in [-0.3, -0.25) is 9.59 Å². The van der Waals surface area contributed by atoms with Crippen LogP contribution in [0.15, 0.2) is 12.7 Å². The van der Waals surface area contributed by atoms with E-state index < -0.39 is 23.3 Å². The number of hydrogen-bond donors (Lipinski definition) is 1. The molecular formula is C15H24O4. The molecule has 1 saturated carbocycles. The predicted molar refractivity (Wildman–Crippen MR) is 72.6 cm³/mol. The lowest BCUT2D eigenvalue weighted by Crippen LogP contribution is -2.31. The summed E-state index contributed by atoms with van der Waals surface area (Å²) in [4.78, 5) is 22.9. The van der Waals surface area contributed by atoms with E-state index in [0.29, 0.717) is 6.61 Å². The Labute approximate surface area is 114 Å². The molecule has 0 aromatic heterocycles. The molecule has 0 amide bonds. The van der Waals surface area contributed by atoms with Crippen molar-refractivity contribution in [1.82, 2.24) is 0 Å². The highest BCUT2D eigenvalue weighted by molar-refractivity contribution is 5.79. The number of carbonyl (C=O) groups excluding carboxylic acids is 1. The Balaban J connectivity index is 2.46. The van der Waals surface area contributed by atoms with Crippen LogP contribution in [0.2, 0.25) is 0 Å². The molecule has 0 spiro atoms. The molecule has 4 nitrogen and oxygen atoms in total. The number of allylic oxidation sites excluding steroid dienone is 1. The Hall–Kier alpha value is -1.32. The number of aliphatic carboxylic acids is 1. The molecule has 1 N–H and O–H groups in total.